The summed E-state index contributed by atoms with van der Waals surface area (Å²) in [6.45, 7) is 6.25. The van der Waals surface area contributed by atoms with E-state index in [2.05, 4.69) is 26.0 Å². The Morgan fingerprint density at radius 1 is 0.684 bits per heavy atom. The summed E-state index contributed by atoms with van der Waals surface area (Å²) in [5.74, 6) is 2.17. The van der Waals surface area contributed by atoms with Gasteiger partial charge in [0, 0.05) is 6.92 Å². The molecule has 0 aromatic heterocycles. The van der Waals surface area contributed by atoms with E-state index in [4.69, 9.17) is 9.47 Å². The van der Waals surface area contributed by atoms with Crippen LogP contribution in [0.2, 0.25) is 0 Å². The fraction of sp³-hybridized carbons (Fsp3) is 0.294. The van der Waals surface area contributed by atoms with Crippen molar-refractivity contribution in [3.63, 3.8) is 0 Å². The lowest BCUT2D eigenvalue weighted by molar-refractivity contribution is 0.0223. The van der Waals surface area contributed by atoms with Gasteiger partial charge in [-0.15, -0.1) is 0 Å². The van der Waals surface area contributed by atoms with E-state index >= 15 is 0 Å². The average molecular weight is 256 g/mol. The third-order valence-corrected chi connectivity index (χ3v) is 2.89. The first-order valence-corrected chi connectivity index (χ1v) is 6.63. The Kier molecular flexibility index (Phi) is 4.45. The van der Waals surface area contributed by atoms with E-state index in [9.17, 15) is 0 Å². The Morgan fingerprint density at radius 2 is 1.21 bits per heavy atom. The van der Waals surface area contributed by atoms with Crippen molar-refractivity contribution in [1.29, 1.82) is 0 Å². The molecule has 2 heteroatoms. The minimum atomic E-state index is -0.313. The van der Waals surface area contributed by atoms with Gasteiger partial charge in [-0.25, -0.2) is 0 Å². The van der Waals surface area contributed by atoms with Crippen molar-refractivity contribution in [3.05, 3.63) is 60.2 Å². The second-order valence-electron chi connectivity index (χ2n) is 4.84. The highest BCUT2D eigenvalue weighted by Crippen LogP contribution is 2.20. The highest BCUT2D eigenvalue weighted by molar-refractivity contribution is 5.29. The van der Waals surface area contributed by atoms with Crippen molar-refractivity contribution < 1.29 is 9.47 Å². The summed E-state index contributed by atoms with van der Waals surface area (Å²) >= 11 is 0. The van der Waals surface area contributed by atoms with Crippen LogP contribution in [-0.2, 0) is 0 Å². The molecule has 0 N–H and O–H groups in total. The predicted octanol–water partition coefficient (Wildman–Crippen LogP) is 4.61. The average Bonchev–Trinajstić information content (AvgIpc) is 2.40. The molecule has 0 heterocycles. The summed E-state index contributed by atoms with van der Waals surface area (Å²) in [6, 6.07) is 17.8. The standard InChI is InChI=1S/C17H20O2/c1-13(2)15-9-11-17(12-10-15)19-14(3)18-16-7-5-4-6-8-16/h4-14H,1-3H3. The maximum Gasteiger partial charge on any atom is 0.238 e. The van der Waals surface area contributed by atoms with Gasteiger partial charge in [0.1, 0.15) is 11.5 Å². The number of benzene rings is 2. The Labute approximate surface area is 115 Å². The minimum Gasteiger partial charge on any atom is -0.455 e. The molecule has 1 atom stereocenters. The molecule has 2 rings (SSSR count). The molecule has 2 aromatic rings. The van der Waals surface area contributed by atoms with E-state index in [0.717, 1.165) is 11.5 Å². The SMILES string of the molecule is CC(Oc1ccccc1)Oc1ccc(C(C)C)cc1. The van der Waals surface area contributed by atoms with Crippen LogP contribution in [0.15, 0.2) is 54.6 Å². The van der Waals surface area contributed by atoms with Gasteiger partial charge in [0.05, 0.1) is 0 Å². The first-order chi connectivity index (χ1) is 9.15. The topological polar surface area (TPSA) is 18.5 Å². The molecule has 0 radical (unpaired) electrons. The van der Waals surface area contributed by atoms with Gasteiger partial charge in [0.25, 0.3) is 0 Å². The molecule has 19 heavy (non-hydrogen) atoms. The molecule has 0 saturated carbocycles. The molecule has 0 amide bonds. The maximum absolute atomic E-state index is 5.73. The lowest BCUT2D eigenvalue weighted by Gasteiger charge is -2.17. The van der Waals surface area contributed by atoms with Gasteiger partial charge in [-0.2, -0.15) is 0 Å². The van der Waals surface area contributed by atoms with Crippen molar-refractivity contribution in [1.82, 2.24) is 0 Å². The lowest BCUT2D eigenvalue weighted by atomic mass is 10.0. The summed E-state index contributed by atoms with van der Waals surface area (Å²) in [5.41, 5.74) is 1.31. The summed E-state index contributed by atoms with van der Waals surface area (Å²) in [7, 11) is 0. The number of hydrogen-bond acceptors (Lipinski definition) is 2. The molecule has 0 bridgehead atoms. The summed E-state index contributed by atoms with van der Waals surface area (Å²) in [4.78, 5) is 0. The van der Waals surface area contributed by atoms with Gasteiger partial charge in [-0.3, -0.25) is 0 Å². The maximum atomic E-state index is 5.73. The van der Waals surface area contributed by atoms with Crippen LogP contribution in [0.25, 0.3) is 0 Å². The first kappa shape index (κ1) is 13.5. The van der Waals surface area contributed by atoms with Gasteiger partial charge in [-0.1, -0.05) is 44.2 Å². The zero-order valence-corrected chi connectivity index (χ0v) is 11.7. The van der Waals surface area contributed by atoms with Crippen molar-refractivity contribution in [2.75, 3.05) is 0 Å². The van der Waals surface area contributed by atoms with E-state index < -0.39 is 0 Å². The Balaban J connectivity index is 1.93. The van der Waals surface area contributed by atoms with E-state index in [1.807, 2.05) is 49.4 Å². The molecule has 100 valence electrons. The largest absolute Gasteiger partial charge is 0.455 e. The third kappa shape index (κ3) is 4.02. The van der Waals surface area contributed by atoms with E-state index in [0.29, 0.717) is 5.92 Å². The Bertz CT molecular complexity index is 488. The highest BCUT2D eigenvalue weighted by atomic mass is 16.7. The van der Waals surface area contributed by atoms with Crippen LogP contribution in [0.3, 0.4) is 0 Å². The van der Waals surface area contributed by atoms with Crippen LogP contribution in [0, 0.1) is 0 Å². The zero-order valence-electron chi connectivity index (χ0n) is 11.7. The smallest absolute Gasteiger partial charge is 0.238 e. The van der Waals surface area contributed by atoms with E-state index in [1.165, 1.54) is 5.56 Å². The quantitative estimate of drug-likeness (QED) is 0.727. The number of hydrogen-bond donors (Lipinski definition) is 0. The lowest BCUT2D eigenvalue weighted by Crippen LogP contribution is -2.19. The first-order valence-electron chi connectivity index (χ1n) is 6.63. The van der Waals surface area contributed by atoms with Crippen LogP contribution in [0.1, 0.15) is 32.3 Å². The Hall–Kier alpha value is -1.96. The fourth-order valence-electron chi connectivity index (χ4n) is 1.84. The number of para-hydroxylation sites is 1. The van der Waals surface area contributed by atoms with Crippen LogP contribution in [-0.4, -0.2) is 6.29 Å². The van der Waals surface area contributed by atoms with Gasteiger partial charge in [-0.05, 0) is 35.7 Å². The van der Waals surface area contributed by atoms with Crippen molar-refractivity contribution in [2.45, 2.75) is 33.0 Å². The number of rotatable bonds is 5. The second kappa shape index (κ2) is 6.28. The van der Waals surface area contributed by atoms with Gasteiger partial charge in [0.2, 0.25) is 6.29 Å². The molecule has 0 aliphatic heterocycles. The van der Waals surface area contributed by atoms with Crippen LogP contribution >= 0.6 is 0 Å². The van der Waals surface area contributed by atoms with Crippen molar-refractivity contribution >= 4 is 0 Å². The molecule has 2 aromatic carbocycles. The van der Waals surface area contributed by atoms with Crippen molar-refractivity contribution in [2.24, 2.45) is 0 Å². The van der Waals surface area contributed by atoms with E-state index in [-0.39, 0.29) is 6.29 Å². The van der Waals surface area contributed by atoms with Gasteiger partial charge < -0.3 is 9.47 Å². The van der Waals surface area contributed by atoms with Gasteiger partial charge >= 0.3 is 0 Å². The number of ether oxygens (including phenoxy) is 2. The molecule has 1 unspecified atom stereocenters. The summed E-state index contributed by atoms with van der Waals surface area (Å²) in [5, 5.41) is 0. The molecule has 2 nitrogen and oxygen atoms in total. The van der Waals surface area contributed by atoms with Crippen LogP contribution < -0.4 is 9.47 Å². The van der Waals surface area contributed by atoms with Crippen molar-refractivity contribution in [3.8, 4) is 11.5 Å². The second-order valence-corrected chi connectivity index (χ2v) is 4.84. The fourth-order valence-corrected chi connectivity index (χ4v) is 1.84. The molecule has 0 spiro atoms. The van der Waals surface area contributed by atoms with Gasteiger partial charge in [0.15, 0.2) is 0 Å². The molecule has 0 fully saturated rings. The Morgan fingerprint density at radius 3 is 1.74 bits per heavy atom. The van der Waals surface area contributed by atoms with Crippen LogP contribution in [0.4, 0.5) is 0 Å². The normalized spacial score (nSPS) is 12.2. The summed E-state index contributed by atoms with van der Waals surface area (Å²) < 4.78 is 11.4. The van der Waals surface area contributed by atoms with E-state index in [1.54, 1.807) is 0 Å². The monoisotopic (exact) mass is 256 g/mol. The third-order valence-electron chi connectivity index (χ3n) is 2.89. The molecule has 0 saturated heterocycles. The molecule has 0 aliphatic carbocycles. The molecule has 0 aliphatic rings. The predicted molar refractivity (Wildman–Crippen MR) is 77.7 cm³/mol. The zero-order chi connectivity index (χ0) is 13.7. The minimum absolute atomic E-state index is 0.313. The molecular formula is C17H20O2. The highest BCUT2D eigenvalue weighted by Gasteiger charge is 2.06. The molecular weight excluding hydrogens is 236 g/mol. The van der Waals surface area contributed by atoms with Crippen LogP contribution in [0.5, 0.6) is 11.5 Å². The summed E-state index contributed by atoms with van der Waals surface area (Å²) in [6.07, 6.45) is -0.313.